The van der Waals surface area contributed by atoms with E-state index in [1.54, 1.807) is 0 Å². The smallest absolute Gasteiger partial charge is 0.251 e. The van der Waals surface area contributed by atoms with Gasteiger partial charge >= 0.3 is 0 Å². The number of benzene rings is 1. The van der Waals surface area contributed by atoms with E-state index >= 15 is 0 Å². The molecule has 20 heavy (non-hydrogen) atoms. The zero-order valence-corrected chi connectivity index (χ0v) is 11.9. The molecule has 0 saturated carbocycles. The molecule has 1 heterocycles. The minimum Gasteiger partial charge on any atom is -0.301 e. The van der Waals surface area contributed by atoms with Crippen LogP contribution in [0.5, 0.6) is 0 Å². The number of aromatic amines is 1. The second-order valence-electron chi connectivity index (χ2n) is 4.59. The highest BCUT2D eigenvalue weighted by Crippen LogP contribution is 2.19. The van der Waals surface area contributed by atoms with Gasteiger partial charge in [-0.3, -0.25) is 4.79 Å². The number of nitrogens with one attached hydrogen (secondary N) is 1. The van der Waals surface area contributed by atoms with E-state index in [9.17, 15) is 13.6 Å². The summed E-state index contributed by atoms with van der Waals surface area (Å²) in [6.07, 6.45) is -0.0475. The molecule has 1 N–H and O–H groups in total. The highest BCUT2D eigenvalue weighted by Gasteiger charge is 2.11. The third-order valence-corrected chi connectivity index (χ3v) is 3.43. The molecule has 0 unspecified atom stereocenters. The average Bonchev–Trinajstić information content (AvgIpc) is 2.32. The number of aromatic nitrogens is 2. The Morgan fingerprint density at radius 3 is 2.55 bits per heavy atom. The molecule has 0 atom stereocenters. The largest absolute Gasteiger partial charge is 0.301 e. The SMILES string of the molecule is CC(C)Sc1nc(Cc2c(F)cccc2F)cc(=O)[nH]1. The third kappa shape index (κ3) is 3.66. The summed E-state index contributed by atoms with van der Waals surface area (Å²) in [4.78, 5) is 18.4. The Kier molecular flexibility index (Phi) is 4.54. The summed E-state index contributed by atoms with van der Waals surface area (Å²) >= 11 is 1.39. The Bertz CT molecular complexity index is 650. The third-order valence-electron chi connectivity index (χ3n) is 2.54. The van der Waals surface area contributed by atoms with Crippen molar-refractivity contribution < 1.29 is 8.78 Å². The predicted octanol–water partition coefficient (Wildman–Crippen LogP) is 3.14. The van der Waals surface area contributed by atoms with Crippen LogP contribution in [0.3, 0.4) is 0 Å². The van der Waals surface area contributed by atoms with E-state index in [0.29, 0.717) is 10.9 Å². The Balaban J connectivity index is 2.34. The Hall–Kier alpha value is -1.69. The summed E-state index contributed by atoms with van der Waals surface area (Å²) in [7, 11) is 0. The fourth-order valence-corrected chi connectivity index (χ4v) is 2.51. The summed E-state index contributed by atoms with van der Waals surface area (Å²) in [6.45, 7) is 3.93. The zero-order valence-electron chi connectivity index (χ0n) is 11.1. The van der Waals surface area contributed by atoms with E-state index in [4.69, 9.17) is 0 Å². The van der Waals surface area contributed by atoms with Gasteiger partial charge < -0.3 is 4.98 Å². The number of nitrogens with zero attached hydrogens (tertiary/aromatic N) is 1. The molecule has 0 aliphatic carbocycles. The van der Waals surface area contributed by atoms with Crippen molar-refractivity contribution in [3.05, 3.63) is 57.5 Å². The minimum absolute atomic E-state index is 0.0475. The highest BCUT2D eigenvalue weighted by molar-refractivity contribution is 7.99. The maximum Gasteiger partial charge on any atom is 0.251 e. The van der Waals surface area contributed by atoms with Crippen LogP contribution in [-0.2, 0) is 6.42 Å². The first-order valence-corrected chi connectivity index (χ1v) is 7.03. The van der Waals surface area contributed by atoms with Crippen molar-refractivity contribution in [2.75, 3.05) is 0 Å². The van der Waals surface area contributed by atoms with E-state index in [1.165, 1.54) is 36.0 Å². The Morgan fingerprint density at radius 2 is 1.95 bits per heavy atom. The lowest BCUT2D eigenvalue weighted by Crippen LogP contribution is -2.12. The molecule has 1 aromatic carbocycles. The summed E-state index contributed by atoms with van der Waals surface area (Å²) in [5, 5.41) is 0.706. The standard InChI is InChI=1S/C14H14F2N2OS/c1-8(2)20-14-17-9(7-13(19)18-14)6-10-11(15)4-3-5-12(10)16/h3-5,7-8H,6H2,1-2H3,(H,17,18,19). The quantitative estimate of drug-likeness (QED) is 0.696. The number of hydrogen-bond donors (Lipinski definition) is 1. The molecular weight excluding hydrogens is 282 g/mol. The van der Waals surface area contributed by atoms with Gasteiger partial charge in [-0.2, -0.15) is 0 Å². The van der Waals surface area contributed by atoms with Crippen molar-refractivity contribution in [2.45, 2.75) is 30.7 Å². The maximum absolute atomic E-state index is 13.6. The van der Waals surface area contributed by atoms with E-state index in [0.717, 1.165) is 0 Å². The molecule has 0 saturated heterocycles. The van der Waals surface area contributed by atoms with E-state index < -0.39 is 11.6 Å². The molecule has 2 rings (SSSR count). The molecule has 0 aliphatic rings. The molecule has 0 aliphatic heterocycles. The first-order valence-electron chi connectivity index (χ1n) is 6.15. The van der Waals surface area contributed by atoms with Gasteiger partial charge in [0.2, 0.25) is 0 Å². The normalized spacial score (nSPS) is 11.1. The van der Waals surface area contributed by atoms with Crippen LogP contribution in [0.25, 0.3) is 0 Å². The Labute approximate surface area is 119 Å². The van der Waals surface area contributed by atoms with Gasteiger partial charge in [-0.05, 0) is 12.1 Å². The first kappa shape index (κ1) is 14.7. The van der Waals surface area contributed by atoms with Crippen molar-refractivity contribution in [2.24, 2.45) is 0 Å². The van der Waals surface area contributed by atoms with Gasteiger partial charge in [-0.1, -0.05) is 31.7 Å². The van der Waals surface area contributed by atoms with Crippen LogP contribution >= 0.6 is 11.8 Å². The monoisotopic (exact) mass is 296 g/mol. The number of rotatable bonds is 4. The fraction of sp³-hybridized carbons (Fsp3) is 0.286. The van der Waals surface area contributed by atoms with Crippen LogP contribution in [0.4, 0.5) is 8.78 Å². The molecule has 2 aromatic rings. The van der Waals surface area contributed by atoms with Crippen LogP contribution in [0.2, 0.25) is 0 Å². The molecule has 106 valence electrons. The molecule has 6 heteroatoms. The maximum atomic E-state index is 13.6. The second-order valence-corrected chi connectivity index (χ2v) is 6.15. The lowest BCUT2D eigenvalue weighted by molar-refractivity contribution is 0.559. The molecule has 0 bridgehead atoms. The van der Waals surface area contributed by atoms with E-state index in [-0.39, 0.29) is 22.8 Å². The Morgan fingerprint density at radius 1 is 1.30 bits per heavy atom. The summed E-state index contributed by atoms with van der Waals surface area (Å²) in [6, 6.07) is 4.94. The average molecular weight is 296 g/mol. The van der Waals surface area contributed by atoms with Gasteiger partial charge in [0.25, 0.3) is 5.56 Å². The molecule has 0 fully saturated rings. The zero-order chi connectivity index (χ0) is 14.7. The van der Waals surface area contributed by atoms with Crippen LogP contribution in [0.15, 0.2) is 34.2 Å². The van der Waals surface area contributed by atoms with Crippen molar-refractivity contribution >= 4 is 11.8 Å². The molecule has 0 amide bonds. The van der Waals surface area contributed by atoms with Crippen molar-refractivity contribution in [1.29, 1.82) is 0 Å². The number of hydrogen-bond acceptors (Lipinski definition) is 3. The summed E-state index contributed by atoms with van der Waals surface area (Å²) in [5.41, 5.74) is -0.0538. The molecule has 1 aromatic heterocycles. The topological polar surface area (TPSA) is 45.8 Å². The lowest BCUT2D eigenvalue weighted by Gasteiger charge is -2.07. The number of thioether (sulfide) groups is 1. The lowest BCUT2D eigenvalue weighted by atomic mass is 10.1. The van der Waals surface area contributed by atoms with Gasteiger partial charge in [0.15, 0.2) is 5.16 Å². The van der Waals surface area contributed by atoms with Crippen LogP contribution in [0, 0.1) is 11.6 Å². The van der Waals surface area contributed by atoms with Gasteiger partial charge in [-0.15, -0.1) is 0 Å². The van der Waals surface area contributed by atoms with Crippen molar-refractivity contribution in [3.8, 4) is 0 Å². The fourth-order valence-electron chi connectivity index (χ4n) is 1.74. The van der Waals surface area contributed by atoms with Crippen LogP contribution < -0.4 is 5.56 Å². The van der Waals surface area contributed by atoms with Crippen LogP contribution in [0.1, 0.15) is 25.1 Å². The molecular formula is C14H14F2N2OS. The van der Waals surface area contributed by atoms with Gasteiger partial charge in [0.05, 0.1) is 5.69 Å². The summed E-state index contributed by atoms with van der Waals surface area (Å²) < 4.78 is 27.2. The minimum atomic E-state index is -0.634. The van der Waals surface area contributed by atoms with Gasteiger partial charge in [0, 0.05) is 23.3 Å². The van der Waals surface area contributed by atoms with Crippen molar-refractivity contribution in [1.82, 2.24) is 9.97 Å². The molecule has 0 spiro atoms. The highest BCUT2D eigenvalue weighted by atomic mass is 32.2. The summed E-state index contributed by atoms with van der Waals surface area (Å²) in [5.74, 6) is -1.27. The second kappa shape index (κ2) is 6.17. The number of halogens is 2. The van der Waals surface area contributed by atoms with Gasteiger partial charge in [0.1, 0.15) is 11.6 Å². The van der Waals surface area contributed by atoms with E-state index in [2.05, 4.69) is 9.97 Å². The van der Waals surface area contributed by atoms with Gasteiger partial charge in [-0.25, -0.2) is 13.8 Å². The van der Waals surface area contributed by atoms with Crippen LogP contribution in [-0.4, -0.2) is 15.2 Å². The number of H-pyrrole nitrogens is 1. The van der Waals surface area contributed by atoms with Crippen molar-refractivity contribution in [3.63, 3.8) is 0 Å². The van der Waals surface area contributed by atoms with E-state index in [1.807, 2.05) is 13.8 Å². The predicted molar refractivity (Wildman–Crippen MR) is 75.0 cm³/mol. The molecule has 3 nitrogen and oxygen atoms in total. The first-order chi connectivity index (χ1) is 9.45. The molecule has 0 radical (unpaired) electrons.